The molecule has 3 aromatic rings. The van der Waals surface area contributed by atoms with Gasteiger partial charge in [0.05, 0.1) is 11.5 Å². The molecule has 0 bridgehead atoms. The molecule has 1 aromatic heterocycles. The highest BCUT2D eigenvalue weighted by Gasteiger charge is 2.28. The topological polar surface area (TPSA) is 81.4 Å². The fourth-order valence-electron chi connectivity index (χ4n) is 2.40. The first-order valence-electron chi connectivity index (χ1n) is 8.13. The summed E-state index contributed by atoms with van der Waals surface area (Å²) >= 11 is 0. The van der Waals surface area contributed by atoms with Crippen molar-refractivity contribution in [2.75, 3.05) is 25.6 Å². The number of hydrogen-bond acceptors (Lipinski definition) is 6. The van der Waals surface area contributed by atoms with E-state index in [9.17, 15) is 8.42 Å². The van der Waals surface area contributed by atoms with Crippen LogP contribution in [-0.2, 0) is 14.6 Å². The zero-order valence-corrected chi connectivity index (χ0v) is 15.4. The van der Waals surface area contributed by atoms with Crippen LogP contribution in [0, 0.1) is 6.92 Å². The van der Waals surface area contributed by atoms with Crippen LogP contribution in [0.25, 0.3) is 11.5 Å². The van der Waals surface area contributed by atoms with Gasteiger partial charge in [0.15, 0.2) is 0 Å². The number of aryl methyl sites for hydroxylation is 1. The van der Waals surface area contributed by atoms with Crippen molar-refractivity contribution >= 4 is 15.7 Å². The van der Waals surface area contributed by atoms with E-state index in [1.54, 1.807) is 25.3 Å². The number of rotatable bonds is 7. The van der Waals surface area contributed by atoms with Gasteiger partial charge in [-0.1, -0.05) is 35.9 Å². The van der Waals surface area contributed by atoms with Crippen molar-refractivity contribution in [1.82, 2.24) is 4.98 Å². The number of oxazole rings is 1. The molecule has 3 rings (SSSR count). The summed E-state index contributed by atoms with van der Waals surface area (Å²) in [4.78, 5) is 4.44. The summed E-state index contributed by atoms with van der Waals surface area (Å²) in [6.45, 7) is 2.78. The second-order valence-corrected chi connectivity index (χ2v) is 7.62. The Morgan fingerprint density at radius 2 is 1.77 bits per heavy atom. The van der Waals surface area contributed by atoms with E-state index in [0.29, 0.717) is 18.7 Å². The number of methoxy groups -OCH3 is 1. The van der Waals surface area contributed by atoms with Crippen LogP contribution in [0.4, 0.5) is 5.88 Å². The zero-order valence-electron chi connectivity index (χ0n) is 14.6. The van der Waals surface area contributed by atoms with Crippen LogP contribution >= 0.6 is 0 Å². The Balaban J connectivity index is 2.06. The van der Waals surface area contributed by atoms with Gasteiger partial charge in [-0.15, -0.1) is 0 Å². The fraction of sp³-hybridized carbons (Fsp3) is 0.211. The van der Waals surface area contributed by atoms with E-state index in [4.69, 9.17) is 9.15 Å². The Labute approximate surface area is 152 Å². The normalized spacial score (nSPS) is 11.5. The van der Waals surface area contributed by atoms with E-state index in [-0.39, 0.29) is 21.7 Å². The summed E-state index contributed by atoms with van der Waals surface area (Å²) in [5.74, 6) is 0.362. The number of nitrogens with one attached hydrogen (secondary N) is 1. The molecular weight excluding hydrogens is 352 g/mol. The van der Waals surface area contributed by atoms with Crippen LogP contribution in [0.2, 0.25) is 0 Å². The number of aromatic nitrogens is 1. The molecule has 0 aliphatic carbocycles. The number of benzene rings is 2. The van der Waals surface area contributed by atoms with Crippen molar-refractivity contribution in [3.05, 3.63) is 60.2 Å². The molecule has 1 N–H and O–H groups in total. The number of nitrogens with zero attached hydrogens (tertiary/aromatic N) is 1. The van der Waals surface area contributed by atoms with E-state index in [1.807, 2.05) is 31.2 Å². The third-order valence-corrected chi connectivity index (χ3v) is 5.47. The Morgan fingerprint density at radius 1 is 1.08 bits per heavy atom. The van der Waals surface area contributed by atoms with Gasteiger partial charge in [0.1, 0.15) is 0 Å². The van der Waals surface area contributed by atoms with Crippen LogP contribution in [-0.4, -0.2) is 33.7 Å². The van der Waals surface area contributed by atoms with E-state index < -0.39 is 9.84 Å². The average molecular weight is 372 g/mol. The third-order valence-electron chi connectivity index (χ3n) is 3.79. The SMILES string of the molecule is COCCNc1oc(-c2ccc(C)cc2)nc1S(=O)(=O)c1ccccc1. The lowest BCUT2D eigenvalue weighted by Gasteiger charge is -2.05. The summed E-state index contributed by atoms with van der Waals surface area (Å²) in [6, 6.07) is 15.7. The predicted molar refractivity (Wildman–Crippen MR) is 98.9 cm³/mol. The smallest absolute Gasteiger partial charge is 0.233 e. The molecule has 26 heavy (non-hydrogen) atoms. The first-order chi connectivity index (χ1) is 12.5. The van der Waals surface area contributed by atoms with Crippen LogP contribution in [0.3, 0.4) is 0 Å². The molecule has 0 spiro atoms. The second kappa shape index (κ2) is 7.72. The van der Waals surface area contributed by atoms with Crippen LogP contribution < -0.4 is 5.32 Å². The van der Waals surface area contributed by atoms with Crippen molar-refractivity contribution in [2.24, 2.45) is 0 Å². The molecule has 0 fully saturated rings. The predicted octanol–water partition coefficient (Wildman–Crippen LogP) is 3.54. The molecule has 0 saturated carbocycles. The van der Waals surface area contributed by atoms with E-state index in [0.717, 1.165) is 5.56 Å². The highest BCUT2D eigenvalue weighted by Crippen LogP contribution is 2.32. The van der Waals surface area contributed by atoms with E-state index in [2.05, 4.69) is 10.3 Å². The quantitative estimate of drug-likeness (QED) is 0.639. The van der Waals surface area contributed by atoms with Crippen LogP contribution in [0.1, 0.15) is 5.56 Å². The zero-order chi connectivity index (χ0) is 18.6. The van der Waals surface area contributed by atoms with E-state index in [1.165, 1.54) is 12.1 Å². The largest absolute Gasteiger partial charge is 0.419 e. The number of hydrogen-bond donors (Lipinski definition) is 1. The van der Waals surface area contributed by atoms with Gasteiger partial charge in [-0.2, -0.15) is 4.98 Å². The molecule has 0 saturated heterocycles. The minimum Gasteiger partial charge on any atom is -0.419 e. The lowest BCUT2D eigenvalue weighted by atomic mass is 10.1. The van der Waals surface area contributed by atoms with Gasteiger partial charge in [-0.05, 0) is 31.2 Å². The van der Waals surface area contributed by atoms with Gasteiger partial charge in [0.25, 0.3) is 0 Å². The van der Waals surface area contributed by atoms with Crippen LogP contribution in [0.5, 0.6) is 0 Å². The van der Waals surface area contributed by atoms with Crippen molar-refractivity contribution in [2.45, 2.75) is 16.8 Å². The number of sulfone groups is 1. The maximum Gasteiger partial charge on any atom is 0.233 e. The summed E-state index contributed by atoms with van der Waals surface area (Å²) in [6.07, 6.45) is 0. The monoisotopic (exact) mass is 372 g/mol. The Morgan fingerprint density at radius 3 is 2.42 bits per heavy atom. The minimum absolute atomic E-state index is 0.112. The third kappa shape index (κ3) is 3.79. The fourth-order valence-corrected chi connectivity index (χ4v) is 3.70. The molecule has 0 aliphatic rings. The molecule has 0 aliphatic heterocycles. The molecule has 0 unspecified atom stereocenters. The summed E-state index contributed by atoms with van der Waals surface area (Å²) < 4.78 is 36.7. The summed E-state index contributed by atoms with van der Waals surface area (Å²) in [7, 11) is -2.24. The van der Waals surface area contributed by atoms with Gasteiger partial charge in [-0.3, -0.25) is 0 Å². The molecule has 136 valence electrons. The molecule has 0 atom stereocenters. The Kier molecular flexibility index (Phi) is 5.39. The maximum atomic E-state index is 13.0. The second-order valence-electron chi connectivity index (χ2n) is 5.76. The van der Waals surface area contributed by atoms with Crippen molar-refractivity contribution in [3.63, 3.8) is 0 Å². The molecule has 2 aromatic carbocycles. The van der Waals surface area contributed by atoms with Gasteiger partial charge in [-0.25, -0.2) is 8.42 Å². The van der Waals surface area contributed by atoms with Crippen molar-refractivity contribution < 1.29 is 17.6 Å². The van der Waals surface area contributed by atoms with Gasteiger partial charge in [0, 0.05) is 19.2 Å². The maximum absolute atomic E-state index is 13.0. The molecule has 0 amide bonds. The van der Waals surface area contributed by atoms with E-state index >= 15 is 0 Å². The van der Waals surface area contributed by atoms with Crippen LogP contribution in [0.15, 0.2) is 68.9 Å². The van der Waals surface area contributed by atoms with Gasteiger partial charge in [0.2, 0.25) is 26.6 Å². The molecule has 0 radical (unpaired) electrons. The molecular formula is C19H20N2O4S. The lowest BCUT2D eigenvalue weighted by molar-refractivity contribution is 0.210. The van der Waals surface area contributed by atoms with Gasteiger partial charge >= 0.3 is 0 Å². The molecule has 6 nitrogen and oxygen atoms in total. The lowest BCUT2D eigenvalue weighted by Crippen LogP contribution is -2.11. The molecule has 7 heteroatoms. The average Bonchev–Trinajstić information content (AvgIpc) is 3.08. The Hall–Kier alpha value is -2.64. The van der Waals surface area contributed by atoms with Crippen molar-refractivity contribution in [3.8, 4) is 11.5 Å². The summed E-state index contributed by atoms with van der Waals surface area (Å²) in [5.41, 5.74) is 1.80. The van der Waals surface area contributed by atoms with Gasteiger partial charge < -0.3 is 14.5 Å². The highest BCUT2D eigenvalue weighted by molar-refractivity contribution is 7.91. The first kappa shape index (κ1) is 18.2. The first-order valence-corrected chi connectivity index (χ1v) is 9.61. The Bertz CT molecular complexity index is 965. The number of anilines is 1. The summed E-state index contributed by atoms with van der Waals surface area (Å²) in [5, 5.41) is 2.83. The van der Waals surface area contributed by atoms with Crippen molar-refractivity contribution in [1.29, 1.82) is 0 Å². The molecule has 1 heterocycles. The standard InChI is InChI=1S/C19H20N2O4S/c1-14-8-10-15(11-9-14)17-21-19(18(25-17)20-12-13-24-2)26(22,23)16-6-4-3-5-7-16/h3-11,20H,12-13H2,1-2H3. The minimum atomic E-state index is -3.81. The highest BCUT2D eigenvalue weighted by atomic mass is 32.2. The number of ether oxygens (including phenoxy) is 1.